The van der Waals surface area contributed by atoms with Gasteiger partial charge in [0.1, 0.15) is 0 Å². The maximum atomic E-state index is 4.07. The topological polar surface area (TPSA) is 0 Å². The van der Waals surface area contributed by atoms with Crippen LogP contribution >= 0.6 is 0 Å². The normalized spacial score (nSPS) is 45.1. The molecule has 0 aromatic heterocycles. The van der Waals surface area contributed by atoms with Crippen LogP contribution in [-0.2, 0) is 0 Å². The van der Waals surface area contributed by atoms with Crippen molar-refractivity contribution in [3.63, 3.8) is 0 Å². The molecule has 2 aliphatic rings. The van der Waals surface area contributed by atoms with Gasteiger partial charge < -0.3 is 0 Å². The minimum atomic E-state index is 0.631. The van der Waals surface area contributed by atoms with E-state index in [0.29, 0.717) is 5.41 Å². The molecule has 5 atom stereocenters. The molecule has 0 bridgehead atoms. The predicted molar refractivity (Wildman–Crippen MR) is 71.3 cm³/mol. The summed E-state index contributed by atoms with van der Waals surface area (Å²) in [6.07, 6.45) is 10.8. The quantitative estimate of drug-likeness (QED) is 0.584. The molecular formula is C16H28. The molecule has 0 saturated heterocycles. The van der Waals surface area contributed by atoms with Gasteiger partial charge in [-0.3, -0.25) is 0 Å². The molecule has 0 N–H and O–H groups in total. The SMILES string of the molecule is C=C[C@@H]1CCC[C@]2(C)[C@@H]([C@@H](C)CC)CC[C@@H]12. The Morgan fingerprint density at radius 1 is 1.38 bits per heavy atom. The van der Waals surface area contributed by atoms with Crippen molar-refractivity contribution >= 4 is 0 Å². The Kier molecular flexibility index (Phi) is 3.47. The Morgan fingerprint density at radius 3 is 2.75 bits per heavy atom. The molecule has 0 amide bonds. The van der Waals surface area contributed by atoms with Gasteiger partial charge in [0.2, 0.25) is 0 Å². The summed E-state index contributed by atoms with van der Waals surface area (Å²) in [7, 11) is 0. The van der Waals surface area contributed by atoms with E-state index in [9.17, 15) is 0 Å². The lowest BCUT2D eigenvalue weighted by Gasteiger charge is -2.46. The van der Waals surface area contributed by atoms with Gasteiger partial charge in [0, 0.05) is 0 Å². The Hall–Kier alpha value is -0.260. The predicted octanol–water partition coefficient (Wildman–Crippen LogP) is 5.05. The van der Waals surface area contributed by atoms with E-state index in [-0.39, 0.29) is 0 Å². The van der Waals surface area contributed by atoms with E-state index < -0.39 is 0 Å². The molecular weight excluding hydrogens is 192 g/mol. The number of allylic oxidation sites excluding steroid dienone is 1. The van der Waals surface area contributed by atoms with Gasteiger partial charge >= 0.3 is 0 Å². The summed E-state index contributed by atoms with van der Waals surface area (Å²) in [5.41, 5.74) is 0.631. The van der Waals surface area contributed by atoms with E-state index >= 15 is 0 Å². The molecule has 16 heavy (non-hydrogen) atoms. The lowest BCUT2D eigenvalue weighted by molar-refractivity contribution is 0.0452. The van der Waals surface area contributed by atoms with Crippen molar-refractivity contribution in [3.8, 4) is 0 Å². The maximum Gasteiger partial charge on any atom is -0.0203 e. The highest BCUT2D eigenvalue weighted by molar-refractivity contribution is 5.04. The molecule has 0 aromatic carbocycles. The monoisotopic (exact) mass is 220 g/mol. The van der Waals surface area contributed by atoms with Crippen LogP contribution in [0.1, 0.15) is 59.3 Å². The van der Waals surface area contributed by atoms with Gasteiger partial charge in [-0.05, 0) is 54.8 Å². The Morgan fingerprint density at radius 2 is 2.12 bits per heavy atom. The van der Waals surface area contributed by atoms with Gasteiger partial charge in [-0.1, -0.05) is 39.7 Å². The molecule has 2 rings (SSSR count). The van der Waals surface area contributed by atoms with Gasteiger partial charge in [-0.25, -0.2) is 0 Å². The third-order valence-electron chi connectivity index (χ3n) is 5.89. The first-order valence-corrected chi connectivity index (χ1v) is 7.26. The van der Waals surface area contributed by atoms with Gasteiger partial charge in [0.15, 0.2) is 0 Å². The Labute approximate surface area is 102 Å². The maximum absolute atomic E-state index is 4.07. The van der Waals surface area contributed by atoms with Crippen molar-refractivity contribution in [3.05, 3.63) is 12.7 Å². The lowest BCUT2D eigenvalue weighted by Crippen LogP contribution is -2.38. The molecule has 0 heterocycles. The number of rotatable bonds is 3. The largest absolute Gasteiger partial charge is 0.103 e. The van der Waals surface area contributed by atoms with Crippen molar-refractivity contribution in [1.82, 2.24) is 0 Å². The standard InChI is InChI=1S/C16H28/c1-5-12(3)14-9-10-15-13(6-2)8-7-11-16(14,15)4/h6,12-15H,2,5,7-11H2,1,3-4H3/t12-,13+,14+,15-,16+/m0/s1. The summed E-state index contributed by atoms with van der Waals surface area (Å²) in [4.78, 5) is 0. The molecule has 0 aliphatic heterocycles. The van der Waals surface area contributed by atoms with Crippen molar-refractivity contribution in [2.24, 2.45) is 29.1 Å². The van der Waals surface area contributed by atoms with E-state index in [1.807, 2.05) is 0 Å². The summed E-state index contributed by atoms with van der Waals surface area (Å²) in [6.45, 7) is 11.5. The van der Waals surface area contributed by atoms with Crippen molar-refractivity contribution in [1.29, 1.82) is 0 Å². The molecule has 0 aromatic rings. The highest BCUT2D eigenvalue weighted by Gasteiger charge is 2.51. The Bertz CT molecular complexity index is 255. The molecule has 0 heteroatoms. The van der Waals surface area contributed by atoms with E-state index in [1.165, 1.54) is 38.5 Å². The van der Waals surface area contributed by atoms with Crippen molar-refractivity contribution in [2.45, 2.75) is 59.3 Å². The second-order valence-electron chi connectivity index (χ2n) is 6.47. The molecule has 2 fully saturated rings. The molecule has 92 valence electrons. The van der Waals surface area contributed by atoms with E-state index in [2.05, 4.69) is 33.4 Å². The summed E-state index contributed by atoms with van der Waals surface area (Å²) < 4.78 is 0. The highest BCUT2D eigenvalue weighted by atomic mass is 14.6. The van der Waals surface area contributed by atoms with Crippen LogP contribution in [0.3, 0.4) is 0 Å². The Balaban J connectivity index is 2.20. The fraction of sp³-hybridized carbons (Fsp3) is 0.875. The van der Waals surface area contributed by atoms with Crippen LogP contribution in [0, 0.1) is 29.1 Å². The third-order valence-corrected chi connectivity index (χ3v) is 5.89. The van der Waals surface area contributed by atoms with Crippen molar-refractivity contribution < 1.29 is 0 Å². The first-order chi connectivity index (χ1) is 7.63. The lowest BCUT2D eigenvalue weighted by atomic mass is 9.59. The number of hydrogen-bond acceptors (Lipinski definition) is 0. The second kappa shape index (κ2) is 4.55. The minimum Gasteiger partial charge on any atom is -0.103 e. The highest BCUT2D eigenvalue weighted by Crippen LogP contribution is 2.59. The average Bonchev–Trinajstić information content (AvgIpc) is 2.64. The van der Waals surface area contributed by atoms with Crippen molar-refractivity contribution in [2.75, 3.05) is 0 Å². The summed E-state index contributed by atoms with van der Waals surface area (Å²) in [5.74, 6) is 3.65. The molecule has 2 aliphatic carbocycles. The zero-order valence-corrected chi connectivity index (χ0v) is 11.3. The zero-order valence-electron chi connectivity index (χ0n) is 11.3. The fourth-order valence-electron chi connectivity index (χ4n) is 4.79. The van der Waals surface area contributed by atoms with E-state index in [1.54, 1.807) is 0 Å². The molecule has 2 saturated carbocycles. The first-order valence-electron chi connectivity index (χ1n) is 7.26. The number of fused-ring (bicyclic) bond motifs is 1. The zero-order chi connectivity index (χ0) is 11.8. The summed E-state index contributed by atoms with van der Waals surface area (Å²) in [5, 5.41) is 0. The van der Waals surface area contributed by atoms with Gasteiger partial charge in [0.05, 0.1) is 0 Å². The van der Waals surface area contributed by atoms with E-state index in [4.69, 9.17) is 0 Å². The van der Waals surface area contributed by atoms with Gasteiger partial charge in [-0.15, -0.1) is 6.58 Å². The van der Waals surface area contributed by atoms with Crippen LogP contribution in [-0.4, -0.2) is 0 Å². The fourth-order valence-corrected chi connectivity index (χ4v) is 4.79. The minimum absolute atomic E-state index is 0.631. The first kappa shape index (κ1) is 12.2. The van der Waals surface area contributed by atoms with Crippen LogP contribution < -0.4 is 0 Å². The average molecular weight is 220 g/mol. The van der Waals surface area contributed by atoms with Gasteiger partial charge in [0.25, 0.3) is 0 Å². The summed E-state index contributed by atoms with van der Waals surface area (Å²) in [6, 6.07) is 0. The van der Waals surface area contributed by atoms with Crippen LogP contribution in [0.2, 0.25) is 0 Å². The smallest absolute Gasteiger partial charge is 0.0203 e. The summed E-state index contributed by atoms with van der Waals surface area (Å²) >= 11 is 0. The molecule has 0 nitrogen and oxygen atoms in total. The van der Waals surface area contributed by atoms with Crippen LogP contribution in [0.4, 0.5) is 0 Å². The molecule has 0 spiro atoms. The van der Waals surface area contributed by atoms with E-state index in [0.717, 1.165) is 23.7 Å². The number of hydrogen-bond donors (Lipinski definition) is 0. The van der Waals surface area contributed by atoms with Gasteiger partial charge in [-0.2, -0.15) is 0 Å². The third kappa shape index (κ3) is 1.75. The second-order valence-corrected chi connectivity index (χ2v) is 6.47. The van der Waals surface area contributed by atoms with Crippen LogP contribution in [0.25, 0.3) is 0 Å². The molecule has 0 radical (unpaired) electrons. The van der Waals surface area contributed by atoms with Crippen LogP contribution in [0.15, 0.2) is 12.7 Å². The molecule has 0 unspecified atom stereocenters. The van der Waals surface area contributed by atoms with Crippen LogP contribution in [0.5, 0.6) is 0 Å².